The Morgan fingerprint density at radius 2 is 1.50 bits per heavy atom. The van der Waals surface area contributed by atoms with Gasteiger partial charge in [-0.15, -0.1) is 0 Å². The van der Waals surface area contributed by atoms with Crippen LogP contribution in [0.25, 0.3) is 0 Å². The molecule has 0 saturated carbocycles. The van der Waals surface area contributed by atoms with Gasteiger partial charge in [0.1, 0.15) is 11.5 Å². The SMILES string of the molecule is O=C(COC(=O)c1cc(S(=O)(=O)N2CCOCC2)ccc1F)Nc1c(F)c(F)c(F)c(F)c1F. The fourth-order valence-electron chi connectivity index (χ4n) is 2.86. The number of nitrogens with zero attached hydrogens (tertiary/aromatic N) is 1. The van der Waals surface area contributed by atoms with E-state index in [1.54, 1.807) is 0 Å². The first-order valence-electron chi connectivity index (χ1n) is 9.31. The summed E-state index contributed by atoms with van der Waals surface area (Å²) >= 11 is 0. The fraction of sp³-hybridized carbons (Fsp3) is 0.263. The highest BCUT2D eigenvalue weighted by Gasteiger charge is 2.29. The maximum absolute atomic E-state index is 14.1. The lowest BCUT2D eigenvalue weighted by molar-refractivity contribution is -0.119. The zero-order chi connectivity index (χ0) is 25.2. The zero-order valence-corrected chi connectivity index (χ0v) is 17.7. The number of nitrogens with one attached hydrogen (secondary N) is 1. The Bertz CT molecular complexity index is 1220. The Morgan fingerprint density at radius 1 is 0.941 bits per heavy atom. The molecule has 1 N–H and O–H groups in total. The summed E-state index contributed by atoms with van der Waals surface area (Å²) in [4.78, 5) is 23.5. The van der Waals surface area contributed by atoms with Gasteiger partial charge >= 0.3 is 5.97 Å². The number of halogens is 6. The number of ether oxygens (including phenoxy) is 2. The number of esters is 1. The third-order valence-electron chi connectivity index (χ3n) is 4.57. The zero-order valence-electron chi connectivity index (χ0n) is 16.8. The predicted molar refractivity (Wildman–Crippen MR) is 101 cm³/mol. The first-order chi connectivity index (χ1) is 15.9. The molecule has 2 aromatic carbocycles. The van der Waals surface area contributed by atoms with Crippen molar-refractivity contribution in [2.75, 3.05) is 38.2 Å². The van der Waals surface area contributed by atoms with E-state index in [1.807, 2.05) is 0 Å². The first kappa shape index (κ1) is 25.5. The summed E-state index contributed by atoms with van der Waals surface area (Å²) in [6.45, 7) is -1.01. The Morgan fingerprint density at radius 3 is 2.09 bits per heavy atom. The number of morpholine rings is 1. The van der Waals surface area contributed by atoms with Crippen LogP contribution in [0, 0.1) is 34.9 Å². The summed E-state index contributed by atoms with van der Waals surface area (Å²) < 4.78 is 117. The van der Waals surface area contributed by atoms with Crippen LogP contribution in [0.2, 0.25) is 0 Å². The smallest absolute Gasteiger partial charge is 0.341 e. The molecule has 15 heteroatoms. The summed E-state index contributed by atoms with van der Waals surface area (Å²) in [5, 5.41) is 1.37. The van der Waals surface area contributed by atoms with Crippen LogP contribution in [0.3, 0.4) is 0 Å². The Kier molecular flexibility index (Phi) is 7.48. The van der Waals surface area contributed by atoms with Gasteiger partial charge in [0.2, 0.25) is 15.8 Å². The minimum Gasteiger partial charge on any atom is -0.452 e. The lowest BCUT2D eigenvalue weighted by atomic mass is 10.2. The summed E-state index contributed by atoms with van der Waals surface area (Å²) in [5.41, 5.74) is -2.56. The summed E-state index contributed by atoms with van der Waals surface area (Å²) in [7, 11) is -4.11. The number of benzene rings is 2. The molecule has 1 aliphatic rings. The van der Waals surface area contributed by atoms with Gasteiger partial charge in [0.25, 0.3) is 5.91 Å². The molecule has 0 unspecified atom stereocenters. The maximum Gasteiger partial charge on any atom is 0.341 e. The monoisotopic (exact) mass is 512 g/mol. The highest BCUT2D eigenvalue weighted by molar-refractivity contribution is 7.89. The third kappa shape index (κ3) is 5.00. The Labute approximate surface area is 188 Å². The molecule has 8 nitrogen and oxygen atoms in total. The first-order valence-corrected chi connectivity index (χ1v) is 10.7. The second-order valence-electron chi connectivity index (χ2n) is 6.73. The molecular weight excluding hydrogens is 498 g/mol. The Hall–Kier alpha value is -3.17. The van der Waals surface area contributed by atoms with Crippen molar-refractivity contribution in [2.24, 2.45) is 0 Å². The number of hydrogen-bond donors (Lipinski definition) is 1. The molecule has 1 saturated heterocycles. The molecule has 0 bridgehead atoms. The van der Waals surface area contributed by atoms with Gasteiger partial charge in [-0.25, -0.2) is 39.6 Å². The average molecular weight is 512 g/mol. The van der Waals surface area contributed by atoms with E-state index in [9.17, 15) is 44.3 Å². The van der Waals surface area contributed by atoms with Crippen molar-refractivity contribution in [2.45, 2.75) is 4.90 Å². The van der Waals surface area contributed by atoms with Gasteiger partial charge in [-0.05, 0) is 18.2 Å². The molecule has 0 spiro atoms. The van der Waals surface area contributed by atoms with E-state index in [1.165, 1.54) is 5.32 Å². The van der Waals surface area contributed by atoms with Crippen LogP contribution in [0.15, 0.2) is 23.1 Å². The van der Waals surface area contributed by atoms with Gasteiger partial charge in [0.05, 0.1) is 23.7 Å². The molecule has 0 aromatic heterocycles. The predicted octanol–water partition coefficient (Wildman–Crippen LogP) is 2.34. The van der Waals surface area contributed by atoms with Crippen molar-refractivity contribution in [3.8, 4) is 0 Å². The van der Waals surface area contributed by atoms with Gasteiger partial charge in [-0.1, -0.05) is 0 Å². The largest absolute Gasteiger partial charge is 0.452 e. The number of rotatable bonds is 6. The normalized spacial score (nSPS) is 14.6. The number of sulfonamides is 1. The molecule has 2 aromatic rings. The fourth-order valence-corrected chi connectivity index (χ4v) is 4.29. The van der Waals surface area contributed by atoms with Crippen molar-refractivity contribution in [3.05, 3.63) is 58.7 Å². The van der Waals surface area contributed by atoms with E-state index in [-0.39, 0.29) is 26.3 Å². The quantitative estimate of drug-likeness (QED) is 0.276. The summed E-state index contributed by atoms with van der Waals surface area (Å²) in [5.74, 6) is -16.0. The molecular formula is C19H14F6N2O6S. The lowest BCUT2D eigenvalue weighted by Gasteiger charge is -2.26. The molecule has 1 amide bonds. The van der Waals surface area contributed by atoms with E-state index in [0.717, 1.165) is 10.4 Å². The van der Waals surface area contributed by atoms with Crippen molar-refractivity contribution in [1.29, 1.82) is 0 Å². The van der Waals surface area contributed by atoms with Gasteiger partial charge in [0, 0.05) is 13.1 Å². The number of carbonyl (C=O) groups excluding carboxylic acids is 2. The van der Waals surface area contributed by atoms with Crippen LogP contribution in [0.4, 0.5) is 32.0 Å². The van der Waals surface area contributed by atoms with Gasteiger partial charge in [0.15, 0.2) is 29.9 Å². The lowest BCUT2D eigenvalue weighted by Crippen LogP contribution is -2.40. The standard InChI is InChI=1S/C19H14F6N2O6S/c20-11-2-1-9(34(30,31)27-3-5-32-6-4-27)7-10(11)19(29)33-8-12(28)26-18-16(24)14(22)13(21)15(23)17(18)25/h1-2,7H,3-6,8H2,(H,26,28). The second-order valence-corrected chi connectivity index (χ2v) is 8.67. The van der Waals surface area contributed by atoms with Crippen LogP contribution in [-0.4, -0.2) is 57.5 Å². The minimum absolute atomic E-state index is 0.0252. The van der Waals surface area contributed by atoms with Crippen LogP contribution >= 0.6 is 0 Å². The van der Waals surface area contributed by atoms with E-state index in [2.05, 4.69) is 4.74 Å². The molecule has 0 aliphatic carbocycles. The number of anilines is 1. The highest BCUT2D eigenvalue weighted by atomic mass is 32.2. The van der Waals surface area contributed by atoms with Crippen molar-refractivity contribution < 1.29 is 53.8 Å². The van der Waals surface area contributed by atoms with E-state index in [4.69, 9.17) is 4.74 Å². The summed E-state index contributed by atoms with van der Waals surface area (Å²) in [6.07, 6.45) is 0. The molecule has 0 radical (unpaired) electrons. The number of amides is 1. The topological polar surface area (TPSA) is 102 Å². The maximum atomic E-state index is 14.1. The van der Waals surface area contributed by atoms with Crippen LogP contribution in [0.5, 0.6) is 0 Å². The van der Waals surface area contributed by atoms with Crippen LogP contribution in [0.1, 0.15) is 10.4 Å². The van der Waals surface area contributed by atoms with Gasteiger partial charge in [-0.3, -0.25) is 4.79 Å². The summed E-state index contributed by atoms with van der Waals surface area (Å²) in [6, 6.07) is 2.26. The van der Waals surface area contributed by atoms with Crippen LogP contribution in [-0.2, 0) is 24.3 Å². The van der Waals surface area contributed by atoms with Gasteiger partial charge in [-0.2, -0.15) is 4.31 Å². The third-order valence-corrected chi connectivity index (χ3v) is 6.47. The molecule has 34 heavy (non-hydrogen) atoms. The van der Waals surface area contributed by atoms with Crippen molar-refractivity contribution in [3.63, 3.8) is 0 Å². The van der Waals surface area contributed by atoms with Crippen LogP contribution < -0.4 is 5.32 Å². The van der Waals surface area contributed by atoms with E-state index < -0.39 is 79.6 Å². The van der Waals surface area contributed by atoms with Crippen molar-refractivity contribution >= 4 is 27.6 Å². The van der Waals surface area contributed by atoms with E-state index in [0.29, 0.717) is 12.1 Å². The molecule has 184 valence electrons. The minimum atomic E-state index is -4.11. The van der Waals surface area contributed by atoms with Crippen molar-refractivity contribution in [1.82, 2.24) is 4.31 Å². The highest BCUT2D eigenvalue weighted by Crippen LogP contribution is 2.27. The molecule has 0 atom stereocenters. The average Bonchev–Trinajstić information content (AvgIpc) is 2.83. The number of carbonyl (C=O) groups is 2. The second kappa shape index (κ2) is 9.99. The van der Waals surface area contributed by atoms with Gasteiger partial charge < -0.3 is 14.8 Å². The van der Waals surface area contributed by atoms with E-state index >= 15 is 0 Å². The Balaban J connectivity index is 1.73. The molecule has 3 rings (SSSR count). The molecule has 1 fully saturated rings. The number of hydrogen-bond acceptors (Lipinski definition) is 6. The molecule has 1 aliphatic heterocycles. The molecule has 1 heterocycles.